The van der Waals surface area contributed by atoms with Crippen molar-refractivity contribution in [2.24, 2.45) is 0 Å². The number of carboxylic acid groups (broad SMARTS) is 2. The third-order valence-electron chi connectivity index (χ3n) is 0.167. The van der Waals surface area contributed by atoms with E-state index in [2.05, 4.69) is 0 Å². The van der Waals surface area contributed by atoms with Crippen molar-refractivity contribution >= 4 is 11.9 Å². The van der Waals surface area contributed by atoms with Crippen LogP contribution in [0.2, 0.25) is 0 Å². The van der Waals surface area contributed by atoms with Crippen molar-refractivity contribution < 1.29 is 76.7 Å². The topological polar surface area (TPSA) is 112 Å². The Morgan fingerprint density at radius 3 is 1.12 bits per heavy atom. The van der Waals surface area contributed by atoms with Gasteiger partial charge in [-0.2, -0.15) is 0 Å². The minimum absolute atomic E-state index is 0. The SMILES string of the molecule is O.O=C([O-])C(=O)[O-].[K+]. The standard InChI is InChI=1S/C2H2O4.K.H2O/c3-1(4)2(5)6;;/h(H,3,4)(H,5,6);;1H2/q;+1;/p-2. The smallest absolute Gasteiger partial charge is 0.543 e. The Hall–Kier alpha value is 0.536. The number of aliphatic carboxylic acids is 2. The number of carbonyl (C=O) groups excluding carboxylic acids is 2. The number of carboxylic acids is 2. The van der Waals surface area contributed by atoms with Gasteiger partial charge in [0.25, 0.3) is 0 Å². The third kappa shape index (κ3) is 9.74. The molecule has 42 valence electrons. The number of hydrogen-bond donors (Lipinski definition) is 0. The van der Waals surface area contributed by atoms with Crippen molar-refractivity contribution in [3.8, 4) is 0 Å². The molecule has 8 heavy (non-hydrogen) atoms. The molecule has 0 saturated heterocycles. The van der Waals surface area contributed by atoms with Crippen LogP contribution in [0.25, 0.3) is 0 Å². The van der Waals surface area contributed by atoms with Crippen LogP contribution in [0, 0.1) is 0 Å². The van der Waals surface area contributed by atoms with E-state index in [9.17, 15) is 0 Å². The number of rotatable bonds is 0. The molecule has 6 heteroatoms. The Morgan fingerprint density at radius 1 is 1.00 bits per heavy atom. The predicted octanol–water partition coefficient (Wildman–Crippen LogP) is -7.33. The Morgan fingerprint density at radius 2 is 1.12 bits per heavy atom. The van der Waals surface area contributed by atoms with Gasteiger partial charge < -0.3 is 25.3 Å². The third-order valence-corrected chi connectivity index (χ3v) is 0.167. The van der Waals surface area contributed by atoms with Crippen LogP contribution in [0.1, 0.15) is 0 Å². The molecule has 0 aliphatic heterocycles. The normalized spacial score (nSPS) is 5.50. The molecule has 2 N–H and O–H groups in total. The van der Waals surface area contributed by atoms with Crippen molar-refractivity contribution in [2.75, 3.05) is 0 Å². The van der Waals surface area contributed by atoms with E-state index in [1.54, 1.807) is 0 Å². The summed E-state index contributed by atoms with van der Waals surface area (Å²) < 4.78 is 0. The molecule has 0 amide bonds. The van der Waals surface area contributed by atoms with Gasteiger partial charge in [-0.25, -0.2) is 0 Å². The van der Waals surface area contributed by atoms with E-state index in [1.807, 2.05) is 0 Å². The minimum atomic E-state index is -2.19. The zero-order valence-corrected chi connectivity index (χ0v) is 7.26. The molecule has 5 nitrogen and oxygen atoms in total. The van der Waals surface area contributed by atoms with E-state index >= 15 is 0 Å². The average Bonchev–Trinajstić information content (AvgIpc) is 1.36. The quantitative estimate of drug-likeness (QED) is 0.249. The van der Waals surface area contributed by atoms with Crippen molar-refractivity contribution in [3.05, 3.63) is 0 Å². The first-order chi connectivity index (χ1) is 2.64. The van der Waals surface area contributed by atoms with E-state index in [1.165, 1.54) is 0 Å². The molecule has 0 aliphatic carbocycles. The molecule has 0 unspecified atom stereocenters. The molecule has 0 heterocycles. The van der Waals surface area contributed by atoms with Gasteiger partial charge in [0.1, 0.15) is 0 Å². The molecule has 0 aliphatic rings. The van der Waals surface area contributed by atoms with Crippen LogP contribution < -0.4 is 61.6 Å². The average molecular weight is 145 g/mol. The number of hydrogen-bond acceptors (Lipinski definition) is 4. The summed E-state index contributed by atoms with van der Waals surface area (Å²) in [5.74, 6) is -4.37. The number of carbonyl (C=O) groups is 2. The second kappa shape index (κ2) is 7.54. The minimum Gasteiger partial charge on any atom is -0.543 e. The summed E-state index contributed by atoms with van der Waals surface area (Å²) in [4.78, 5) is 17.9. The van der Waals surface area contributed by atoms with Crippen molar-refractivity contribution in [2.45, 2.75) is 0 Å². The van der Waals surface area contributed by atoms with Crippen LogP contribution in [-0.2, 0) is 9.59 Å². The molecule has 0 spiro atoms. The maximum absolute atomic E-state index is 8.93. The molecular weight excluding hydrogens is 143 g/mol. The van der Waals surface area contributed by atoms with Crippen LogP contribution >= 0.6 is 0 Å². The molecule has 0 atom stereocenters. The van der Waals surface area contributed by atoms with Gasteiger partial charge in [-0.1, -0.05) is 0 Å². The van der Waals surface area contributed by atoms with E-state index in [0.717, 1.165) is 0 Å². The molecule has 0 saturated carbocycles. The Labute approximate surface area is 87.4 Å². The van der Waals surface area contributed by atoms with Crippen molar-refractivity contribution in [3.63, 3.8) is 0 Å². The van der Waals surface area contributed by atoms with Gasteiger partial charge in [0, 0.05) is 0 Å². The summed E-state index contributed by atoms with van der Waals surface area (Å²) in [6, 6.07) is 0. The van der Waals surface area contributed by atoms with Crippen LogP contribution in [0.15, 0.2) is 0 Å². The van der Waals surface area contributed by atoms with Crippen molar-refractivity contribution in [1.29, 1.82) is 0 Å². The zero-order chi connectivity index (χ0) is 5.15. The van der Waals surface area contributed by atoms with Gasteiger partial charge in [0.05, 0.1) is 11.9 Å². The van der Waals surface area contributed by atoms with Crippen LogP contribution in [0.4, 0.5) is 0 Å². The molecular formula is C2H2KO5-. The largest absolute Gasteiger partial charge is 1.00 e. The van der Waals surface area contributed by atoms with Gasteiger partial charge in [-0.3, -0.25) is 0 Å². The van der Waals surface area contributed by atoms with Gasteiger partial charge in [0.2, 0.25) is 0 Å². The maximum atomic E-state index is 8.93. The second-order valence-electron chi connectivity index (χ2n) is 0.575. The van der Waals surface area contributed by atoms with E-state index in [0.29, 0.717) is 0 Å². The summed E-state index contributed by atoms with van der Waals surface area (Å²) in [5.41, 5.74) is 0. The van der Waals surface area contributed by atoms with Crippen LogP contribution in [0.3, 0.4) is 0 Å². The van der Waals surface area contributed by atoms with E-state index < -0.39 is 11.9 Å². The summed E-state index contributed by atoms with van der Waals surface area (Å²) >= 11 is 0. The maximum Gasteiger partial charge on any atom is 1.00 e. The first-order valence-corrected chi connectivity index (χ1v) is 1.07. The summed E-state index contributed by atoms with van der Waals surface area (Å²) in [5, 5.41) is 17.9. The molecule has 0 bridgehead atoms. The first kappa shape index (κ1) is 15.8. The second-order valence-corrected chi connectivity index (χ2v) is 0.575. The fraction of sp³-hybridized carbons (Fsp3) is 0. The Balaban J connectivity index is -0.000000125. The van der Waals surface area contributed by atoms with Gasteiger partial charge in [0.15, 0.2) is 0 Å². The van der Waals surface area contributed by atoms with E-state index in [4.69, 9.17) is 19.8 Å². The fourth-order valence-corrected chi connectivity index (χ4v) is 0. The monoisotopic (exact) mass is 145 g/mol. The van der Waals surface area contributed by atoms with Crippen LogP contribution in [0.5, 0.6) is 0 Å². The first-order valence-electron chi connectivity index (χ1n) is 1.07. The van der Waals surface area contributed by atoms with Gasteiger partial charge in [-0.15, -0.1) is 0 Å². The zero-order valence-electron chi connectivity index (χ0n) is 4.13. The summed E-state index contributed by atoms with van der Waals surface area (Å²) in [7, 11) is 0. The molecule has 0 radical (unpaired) electrons. The molecule has 0 aromatic rings. The molecule has 0 rings (SSSR count). The fourth-order valence-electron chi connectivity index (χ4n) is 0. The molecule has 0 aromatic carbocycles. The Kier molecular flexibility index (Phi) is 14.9. The molecule has 0 fully saturated rings. The molecule has 0 aromatic heterocycles. The predicted molar refractivity (Wildman–Crippen MR) is 13.6 cm³/mol. The van der Waals surface area contributed by atoms with Gasteiger partial charge in [-0.05, 0) is 0 Å². The van der Waals surface area contributed by atoms with E-state index in [-0.39, 0.29) is 56.9 Å². The summed E-state index contributed by atoms with van der Waals surface area (Å²) in [6.45, 7) is 0. The van der Waals surface area contributed by atoms with Crippen LogP contribution in [-0.4, -0.2) is 17.4 Å². The summed E-state index contributed by atoms with van der Waals surface area (Å²) in [6.07, 6.45) is 0. The Bertz CT molecular complexity index is 76.4. The van der Waals surface area contributed by atoms with Gasteiger partial charge >= 0.3 is 51.4 Å². The van der Waals surface area contributed by atoms with Crippen molar-refractivity contribution in [1.82, 2.24) is 0 Å².